The molecule has 0 aromatic heterocycles. The molecule has 1 heteroatoms. The molecule has 0 aliphatic heterocycles. The third kappa shape index (κ3) is 2.97. The smallest absolute Gasteiger partial charge is 0.119 e. The molecule has 86 valence electrons. The molecular weight excluding hydrogens is 208 g/mol. The Bertz CT molecular complexity index is 500. The van der Waals surface area contributed by atoms with Crippen molar-refractivity contribution in [1.82, 2.24) is 0 Å². The molecule has 0 aliphatic carbocycles. The second-order valence-electron chi connectivity index (χ2n) is 4.12. The molecule has 2 rings (SSSR count). The van der Waals surface area contributed by atoms with Gasteiger partial charge in [-0.2, -0.15) is 0 Å². The number of rotatable bonds is 3. The van der Waals surface area contributed by atoms with Crippen LogP contribution in [0.1, 0.15) is 24.0 Å². The third-order valence-corrected chi connectivity index (χ3v) is 2.80. The average molecular weight is 224 g/mol. The molecule has 17 heavy (non-hydrogen) atoms. The maximum Gasteiger partial charge on any atom is 0.119 e. The van der Waals surface area contributed by atoms with Crippen molar-refractivity contribution in [1.29, 1.82) is 0 Å². The normalized spacial score (nSPS) is 12.8. The van der Waals surface area contributed by atoms with E-state index >= 15 is 0 Å². The summed E-state index contributed by atoms with van der Waals surface area (Å²) in [6, 6.07) is 17.6. The van der Waals surface area contributed by atoms with Gasteiger partial charge in [0.15, 0.2) is 0 Å². The van der Waals surface area contributed by atoms with Crippen LogP contribution in [0, 0.1) is 0 Å². The van der Waals surface area contributed by atoms with Crippen molar-refractivity contribution in [2.75, 3.05) is 0 Å². The Hall–Kier alpha value is -2.02. The molecule has 0 heterocycles. The fraction of sp³-hybridized carbons (Fsp3) is 0.125. The van der Waals surface area contributed by atoms with E-state index in [0.29, 0.717) is 5.75 Å². The summed E-state index contributed by atoms with van der Waals surface area (Å²) in [5, 5.41) is 9.74. The van der Waals surface area contributed by atoms with E-state index in [1.54, 1.807) is 6.07 Å². The van der Waals surface area contributed by atoms with E-state index in [4.69, 9.17) is 0 Å². The molecule has 0 saturated carbocycles. The lowest BCUT2D eigenvalue weighted by Crippen LogP contribution is -1.89. The Balaban J connectivity index is 2.15. The van der Waals surface area contributed by atoms with Gasteiger partial charge < -0.3 is 5.11 Å². The number of phenols is 1. The molecule has 0 saturated heterocycles. The van der Waals surface area contributed by atoms with Crippen molar-refractivity contribution in [3.05, 3.63) is 71.8 Å². The van der Waals surface area contributed by atoms with E-state index in [1.165, 1.54) is 5.56 Å². The average Bonchev–Trinajstić information content (AvgIpc) is 2.38. The SMILES string of the molecule is CC(/C=C/c1ccccc1)c1ccccc1O. The first kappa shape index (κ1) is 11.5. The van der Waals surface area contributed by atoms with Crippen LogP contribution in [-0.2, 0) is 0 Å². The molecule has 0 radical (unpaired) electrons. The van der Waals surface area contributed by atoms with Crippen LogP contribution in [0.4, 0.5) is 0 Å². The van der Waals surface area contributed by atoms with Crippen LogP contribution < -0.4 is 0 Å². The Morgan fingerprint density at radius 3 is 2.29 bits per heavy atom. The summed E-state index contributed by atoms with van der Waals surface area (Å²) < 4.78 is 0. The fourth-order valence-electron chi connectivity index (χ4n) is 1.80. The summed E-state index contributed by atoms with van der Waals surface area (Å²) >= 11 is 0. The summed E-state index contributed by atoms with van der Waals surface area (Å²) in [6.07, 6.45) is 4.18. The Morgan fingerprint density at radius 2 is 1.59 bits per heavy atom. The van der Waals surface area contributed by atoms with Crippen LogP contribution in [0.15, 0.2) is 60.7 Å². The molecule has 0 fully saturated rings. The van der Waals surface area contributed by atoms with Gasteiger partial charge in [0.25, 0.3) is 0 Å². The van der Waals surface area contributed by atoms with Gasteiger partial charge in [0.05, 0.1) is 0 Å². The summed E-state index contributed by atoms with van der Waals surface area (Å²) in [5.74, 6) is 0.564. The monoisotopic (exact) mass is 224 g/mol. The van der Waals surface area contributed by atoms with Crippen LogP contribution in [-0.4, -0.2) is 5.11 Å². The van der Waals surface area contributed by atoms with Gasteiger partial charge in [0, 0.05) is 11.5 Å². The van der Waals surface area contributed by atoms with Gasteiger partial charge in [-0.15, -0.1) is 0 Å². The first-order chi connectivity index (χ1) is 8.27. The molecule has 1 unspecified atom stereocenters. The van der Waals surface area contributed by atoms with Crippen molar-refractivity contribution in [3.8, 4) is 5.75 Å². The van der Waals surface area contributed by atoms with E-state index in [1.807, 2.05) is 36.4 Å². The second-order valence-corrected chi connectivity index (χ2v) is 4.12. The topological polar surface area (TPSA) is 20.2 Å². The van der Waals surface area contributed by atoms with Crippen LogP contribution in [0.25, 0.3) is 6.08 Å². The molecule has 0 aliphatic rings. The highest BCUT2D eigenvalue weighted by Crippen LogP contribution is 2.26. The highest BCUT2D eigenvalue weighted by atomic mass is 16.3. The van der Waals surface area contributed by atoms with E-state index in [2.05, 4.69) is 31.2 Å². The third-order valence-electron chi connectivity index (χ3n) is 2.80. The largest absolute Gasteiger partial charge is 0.508 e. The van der Waals surface area contributed by atoms with Crippen LogP contribution in [0.5, 0.6) is 5.75 Å². The van der Waals surface area contributed by atoms with Crippen molar-refractivity contribution >= 4 is 6.08 Å². The molecular formula is C16H16O. The number of hydrogen-bond donors (Lipinski definition) is 1. The van der Waals surface area contributed by atoms with Gasteiger partial charge in [0.2, 0.25) is 0 Å². The lowest BCUT2D eigenvalue weighted by Gasteiger charge is -2.08. The maximum absolute atomic E-state index is 9.74. The fourth-order valence-corrected chi connectivity index (χ4v) is 1.80. The summed E-state index contributed by atoms with van der Waals surface area (Å²) in [6.45, 7) is 2.08. The number of benzene rings is 2. The lowest BCUT2D eigenvalue weighted by atomic mass is 9.99. The highest BCUT2D eigenvalue weighted by molar-refractivity contribution is 5.51. The molecule has 0 amide bonds. The van der Waals surface area contributed by atoms with E-state index in [0.717, 1.165) is 5.56 Å². The zero-order valence-corrected chi connectivity index (χ0v) is 9.88. The van der Waals surface area contributed by atoms with Gasteiger partial charge in [0.1, 0.15) is 5.75 Å². The van der Waals surface area contributed by atoms with Crippen LogP contribution in [0.2, 0.25) is 0 Å². The van der Waals surface area contributed by atoms with Crippen molar-refractivity contribution in [2.24, 2.45) is 0 Å². The lowest BCUT2D eigenvalue weighted by molar-refractivity contribution is 0.467. The van der Waals surface area contributed by atoms with Crippen molar-refractivity contribution < 1.29 is 5.11 Å². The molecule has 2 aromatic carbocycles. The van der Waals surface area contributed by atoms with Gasteiger partial charge in [-0.1, -0.05) is 67.6 Å². The van der Waals surface area contributed by atoms with Crippen molar-refractivity contribution in [3.63, 3.8) is 0 Å². The number of phenolic OH excluding ortho intramolecular Hbond substituents is 1. The summed E-state index contributed by atoms with van der Waals surface area (Å²) in [4.78, 5) is 0. The number of aromatic hydroxyl groups is 1. The Morgan fingerprint density at radius 1 is 0.941 bits per heavy atom. The van der Waals surface area contributed by atoms with Gasteiger partial charge >= 0.3 is 0 Å². The molecule has 2 aromatic rings. The highest BCUT2D eigenvalue weighted by Gasteiger charge is 2.05. The predicted molar refractivity (Wildman–Crippen MR) is 72.0 cm³/mol. The van der Waals surface area contributed by atoms with Crippen molar-refractivity contribution in [2.45, 2.75) is 12.8 Å². The molecule has 0 spiro atoms. The summed E-state index contributed by atoms with van der Waals surface area (Å²) in [7, 11) is 0. The Labute approximate surface area is 102 Å². The van der Waals surface area contributed by atoms with Crippen LogP contribution >= 0.6 is 0 Å². The van der Waals surface area contributed by atoms with E-state index < -0.39 is 0 Å². The minimum atomic E-state index is 0.205. The molecule has 1 N–H and O–H groups in total. The first-order valence-corrected chi connectivity index (χ1v) is 5.78. The van der Waals surface area contributed by atoms with Gasteiger partial charge in [-0.3, -0.25) is 0 Å². The predicted octanol–water partition coefficient (Wildman–Crippen LogP) is 4.21. The second kappa shape index (κ2) is 5.35. The van der Waals surface area contributed by atoms with E-state index in [9.17, 15) is 5.11 Å². The summed E-state index contributed by atoms with van der Waals surface area (Å²) in [5.41, 5.74) is 2.13. The zero-order chi connectivity index (χ0) is 12.1. The van der Waals surface area contributed by atoms with E-state index in [-0.39, 0.29) is 5.92 Å². The minimum Gasteiger partial charge on any atom is -0.508 e. The number of para-hydroxylation sites is 1. The standard InChI is InChI=1S/C16H16O/c1-13(15-9-5-6-10-16(15)17)11-12-14-7-3-2-4-8-14/h2-13,17H,1H3/b12-11+. The molecule has 1 nitrogen and oxygen atoms in total. The maximum atomic E-state index is 9.74. The molecule has 1 atom stereocenters. The van der Waals surface area contributed by atoms with Gasteiger partial charge in [-0.05, 0) is 11.6 Å². The van der Waals surface area contributed by atoms with Crippen LogP contribution in [0.3, 0.4) is 0 Å². The van der Waals surface area contributed by atoms with Gasteiger partial charge in [-0.25, -0.2) is 0 Å². The molecule has 0 bridgehead atoms. The number of allylic oxidation sites excluding steroid dienone is 1. The number of hydrogen-bond acceptors (Lipinski definition) is 1. The first-order valence-electron chi connectivity index (χ1n) is 5.78. The quantitative estimate of drug-likeness (QED) is 0.828. The zero-order valence-electron chi connectivity index (χ0n) is 9.88. The minimum absolute atomic E-state index is 0.205. The Kier molecular flexibility index (Phi) is 3.61.